The SMILES string of the molecule is COc1ccc(-c2noc(CNC(=O)CCSc3ccc(Cl)cc3)n2)cc1. The standard InChI is InChI=1S/C19H18ClN3O3S/c1-25-15-6-2-13(3-7-15)19-22-18(26-23-19)12-21-17(24)10-11-27-16-8-4-14(20)5-9-16/h2-9H,10-12H2,1H3,(H,21,24). The summed E-state index contributed by atoms with van der Waals surface area (Å²) in [6.45, 7) is 0.202. The second-order valence-corrected chi connectivity index (χ2v) is 7.17. The molecule has 0 radical (unpaired) electrons. The van der Waals surface area contributed by atoms with Crippen molar-refractivity contribution in [2.24, 2.45) is 0 Å². The van der Waals surface area contributed by atoms with Gasteiger partial charge in [0.2, 0.25) is 17.6 Å². The number of carbonyl (C=O) groups is 1. The van der Waals surface area contributed by atoms with E-state index in [2.05, 4.69) is 15.5 Å². The molecule has 0 saturated carbocycles. The molecule has 6 nitrogen and oxygen atoms in total. The van der Waals surface area contributed by atoms with Gasteiger partial charge in [-0.2, -0.15) is 4.98 Å². The molecule has 1 heterocycles. The van der Waals surface area contributed by atoms with E-state index in [4.69, 9.17) is 20.9 Å². The fourth-order valence-electron chi connectivity index (χ4n) is 2.24. The lowest BCUT2D eigenvalue weighted by molar-refractivity contribution is -0.120. The van der Waals surface area contributed by atoms with Crippen LogP contribution in [0.5, 0.6) is 5.75 Å². The van der Waals surface area contributed by atoms with Crippen LogP contribution in [0, 0.1) is 0 Å². The zero-order valence-corrected chi connectivity index (χ0v) is 16.2. The number of nitrogens with zero attached hydrogens (tertiary/aromatic N) is 2. The summed E-state index contributed by atoms with van der Waals surface area (Å²) in [6, 6.07) is 14.9. The second-order valence-electron chi connectivity index (χ2n) is 5.57. The smallest absolute Gasteiger partial charge is 0.246 e. The number of aromatic nitrogens is 2. The van der Waals surface area contributed by atoms with Crippen LogP contribution in [0.15, 0.2) is 57.9 Å². The van der Waals surface area contributed by atoms with Crippen LogP contribution in [-0.2, 0) is 11.3 Å². The van der Waals surface area contributed by atoms with E-state index in [9.17, 15) is 4.79 Å². The Kier molecular flexibility index (Phi) is 6.73. The predicted molar refractivity (Wildman–Crippen MR) is 105 cm³/mol. The highest BCUT2D eigenvalue weighted by molar-refractivity contribution is 7.99. The molecule has 0 aliphatic heterocycles. The van der Waals surface area contributed by atoms with E-state index in [0.29, 0.717) is 28.9 Å². The number of amides is 1. The summed E-state index contributed by atoms with van der Waals surface area (Å²) in [4.78, 5) is 17.3. The molecule has 0 aliphatic rings. The van der Waals surface area contributed by atoms with Crippen LogP contribution >= 0.6 is 23.4 Å². The molecular formula is C19H18ClN3O3S. The fourth-order valence-corrected chi connectivity index (χ4v) is 3.22. The molecule has 0 atom stereocenters. The minimum absolute atomic E-state index is 0.0688. The molecular weight excluding hydrogens is 386 g/mol. The van der Waals surface area contributed by atoms with Crippen LogP contribution in [0.1, 0.15) is 12.3 Å². The van der Waals surface area contributed by atoms with Crippen LogP contribution in [0.3, 0.4) is 0 Å². The van der Waals surface area contributed by atoms with Crippen molar-refractivity contribution >= 4 is 29.3 Å². The average molecular weight is 404 g/mol. The number of hydrogen-bond donors (Lipinski definition) is 1. The van der Waals surface area contributed by atoms with Crippen molar-refractivity contribution < 1.29 is 14.1 Å². The lowest BCUT2D eigenvalue weighted by Crippen LogP contribution is -2.23. The Hall–Kier alpha value is -2.51. The third-order valence-corrected chi connectivity index (χ3v) is 4.93. The van der Waals surface area contributed by atoms with Gasteiger partial charge in [-0.15, -0.1) is 11.8 Å². The summed E-state index contributed by atoms with van der Waals surface area (Å²) in [5.41, 5.74) is 0.816. The van der Waals surface area contributed by atoms with Crippen molar-refractivity contribution in [3.63, 3.8) is 0 Å². The van der Waals surface area contributed by atoms with Gasteiger partial charge in [0.1, 0.15) is 5.75 Å². The number of ether oxygens (including phenoxy) is 1. The van der Waals surface area contributed by atoms with E-state index in [0.717, 1.165) is 16.2 Å². The van der Waals surface area contributed by atoms with Gasteiger partial charge in [0.15, 0.2) is 0 Å². The molecule has 1 N–H and O–H groups in total. The zero-order valence-electron chi connectivity index (χ0n) is 14.6. The highest BCUT2D eigenvalue weighted by Crippen LogP contribution is 2.21. The Morgan fingerprint density at radius 3 is 2.63 bits per heavy atom. The van der Waals surface area contributed by atoms with E-state index >= 15 is 0 Å². The maximum Gasteiger partial charge on any atom is 0.246 e. The van der Waals surface area contributed by atoms with Gasteiger partial charge < -0.3 is 14.6 Å². The molecule has 0 saturated heterocycles. The van der Waals surface area contributed by atoms with Crippen LogP contribution in [0.4, 0.5) is 0 Å². The number of hydrogen-bond acceptors (Lipinski definition) is 6. The third kappa shape index (κ3) is 5.74. The zero-order chi connectivity index (χ0) is 19.1. The minimum Gasteiger partial charge on any atom is -0.497 e. The van der Waals surface area contributed by atoms with Gasteiger partial charge >= 0.3 is 0 Å². The first-order valence-electron chi connectivity index (χ1n) is 8.26. The van der Waals surface area contributed by atoms with Gasteiger partial charge in [0.05, 0.1) is 13.7 Å². The van der Waals surface area contributed by atoms with Gasteiger partial charge in [0.25, 0.3) is 0 Å². The van der Waals surface area contributed by atoms with E-state index in [1.807, 2.05) is 48.5 Å². The van der Waals surface area contributed by atoms with E-state index in [-0.39, 0.29) is 12.5 Å². The summed E-state index contributed by atoms with van der Waals surface area (Å²) in [6.07, 6.45) is 0.396. The monoisotopic (exact) mass is 403 g/mol. The Balaban J connectivity index is 1.43. The van der Waals surface area contributed by atoms with Gasteiger partial charge in [-0.1, -0.05) is 16.8 Å². The molecule has 1 amide bonds. The number of methoxy groups -OCH3 is 1. The quantitative estimate of drug-likeness (QED) is 0.568. The first-order valence-corrected chi connectivity index (χ1v) is 9.62. The Morgan fingerprint density at radius 2 is 1.93 bits per heavy atom. The number of benzene rings is 2. The van der Waals surface area contributed by atoms with E-state index in [1.54, 1.807) is 18.9 Å². The fraction of sp³-hybridized carbons (Fsp3) is 0.211. The maximum absolute atomic E-state index is 12.0. The molecule has 8 heteroatoms. The Labute approximate surface area is 166 Å². The molecule has 0 fully saturated rings. The van der Waals surface area contributed by atoms with Gasteiger partial charge in [-0.3, -0.25) is 4.79 Å². The lowest BCUT2D eigenvalue weighted by atomic mass is 10.2. The maximum atomic E-state index is 12.0. The third-order valence-electron chi connectivity index (χ3n) is 3.66. The van der Waals surface area contributed by atoms with Gasteiger partial charge in [-0.05, 0) is 48.5 Å². The van der Waals surface area contributed by atoms with Crippen LogP contribution in [0.2, 0.25) is 5.02 Å². The summed E-state index contributed by atoms with van der Waals surface area (Å²) in [5.74, 6) is 2.19. The highest BCUT2D eigenvalue weighted by Gasteiger charge is 2.10. The molecule has 0 spiro atoms. The molecule has 2 aromatic carbocycles. The Bertz CT molecular complexity index is 882. The topological polar surface area (TPSA) is 77.3 Å². The van der Waals surface area contributed by atoms with E-state index in [1.165, 1.54) is 0 Å². The van der Waals surface area contributed by atoms with Crippen LogP contribution in [-0.4, -0.2) is 28.9 Å². The molecule has 140 valence electrons. The summed E-state index contributed by atoms with van der Waals surface area (Å²) in [7, 11) is 1.61. The number of carbonyl (C=O) groups excluding carboxylic acids is 1. The number of rotatable bonds is 8. The van der Waals surface area contributed by atoms with Crippen LogP contribution in [0.25, 0.3) is 11.4 Å². The van der Waals surface area contributed by atoms with Gasteiger partial charge in [-0.25, -0.2) is 0 Å². The number of halogens is 1. The normalized spacial score (nSPS) is 10.6. The highest BCUT2D eigenvalue weighted by atomic mass is 35.5. The summed E-state index contributed by atoms with van der Waals surface area (Å²) >= 11 is 7.45. The summed E-state index contributed by atoms with van der Waals surface area (Å²) in [5, 5.41) is 7.42. The average Bonchev–Trinajstić information content (AvgIpc) is 3.17. The van der Waals surface area contributed by atoms with Crippen molar-refractivity contribution in [3.8, 4) is 17.1 Å². The Morgan fingerprint density at radius 1 is 1.19 bits per heavy atom. The second kappa shape index (κ2) is 9.43. The molecule has 0 bridgehead atoms. The van der Waals surface area contributed by atoms with Crippen molar-refractivity contribution in [1.82, 2.24) is 15.5 Å². The van der Waals surface area contributed by atoms with E-state index < -0.39 is 0 Å². The first kappa shape index (κ1) is 19.3. The van der Waals surface area contributed by atoms with Crippen molar-refractivity contribution in [1.29, 1.82) is 0 Å². The predicted octanol–water partition coefficient (Wildman–Crippen LogP) is 4.20. The molecule has 3 rings (SSSR count). The van der Waals surface area contributed by atoms with Gasteiger partial charge in [0, 0.05) is 27.7 Å². The largest absolute Gasteiger partial charge is 0.497 e. The van der Waals surface area contributed by atoms with Crippen molar-refractivity contribution in [2.75, 3.05) is 12.9 Å². The summed E-state index contributed by atoms with van der Waals surface area (Å²) < 4.78 is 10.3. The molecule has 0 unspecified atom stereocenters. The molecule has 0 aliphatic carbocycles. The van der Waals surface area contributed by atoms with Crippen molar-refractivity contribution in [2.45, 2.75) is 17.9 Å². The number of thioether (sulfide) groups is 1. The lowest BCUT2D eigenvalue weighted by Gasteiger charge is -2.03. The molecule has 1 aromatic heterocycles. The van der Waals surface area contributed by atoms with Crippen LogP contribution < -0.4 is 10.1 Å². The molecule has 27 heavy (non-hydrogen) atoms. The number of nitrogens with one attached hydrogen (secondary N) is 1. The van der Waals surface area contributed by atoms with Crippen molar-refractivity contribution in [3.05, 3.63) is 59.4 Å². The first-order chi connectivity index (χ1) is 13.1. The molecule has 3 aromatic rings. The minimum atomic E-state index is -0.0688.